The Morgan fingerprint density at radius 1 is 0.944 bits per heavy atom. The number of aromatic nitrogens is 3. The molecule has 0 radical (unpaired) electrons. The fourth-order valence-electron chi connectivity index (χ4n) is 3.02. The fourth-order valence-corrected chi connectivity index (χ4v) is 4.86. The molecular weight excluding hydrogens is 633 g/mol. The molecule has 0 saturated heterocycles. The van der Waals surface area contributed by atoms with E-state index in [1.54, 1.807) is 25.4 Å². The number of para-hydroxylation sites is 1. The summed E-state index contributed by atoms with van der Waals surface area (Å²) in [7, 11) is 1.73. The molecule has 3 aromatic carbocycles. The molecule has 0 saturated carbocycles. The number of nitrogens with one attached hydrogen (secondary N) is 3. The van der Waals surface area contributed by atoms with E-state index in [9.17, 15) is 0 Å². The Kier molecular flexibility index (Phi) is 8.98. The van der Waals surface area contributed by atoms with E-state index in [0.29, 0.717) is 33.3 Å². The van der Waals surface area contributed by atoms with Gasteiger partial charge in [0.2, 0.25) is 17.8 Å². The van der Waals surface area contributed by atoms with Crippen molar-refractivity contribution in [3.63, 3.8) is 0 Å². The van der Waals surface area contributed by atoms with Crippen molar-refractivity contribution in [3.05, 3.63) is 90.8 Å². The Hall–Kier alpha value is -2.92. The van der Waals surface area contributed by atoms with E-state index < -0.39 is 0 Å². The van der Waals surface area contributed by atoms with Crippen molar-refractivity contribution in [1.82, 2.24) is 15.0 Å². The second kappa shape index (κ2) is 12.4. The molecule has 1 heterocycles. The molecule has 0 unspecified atom stereocenters. The number of anilines is 4. The third-order valence-electron chi connectivity index (χ3n) is 4.68. The van der Waals surface area contributed by atoms with Crippen LogP contribution in [0.3, 0.4) is 0 Å². The molecule has 0 aliphatic rings. The maximum atomic E-state index is 6.29. The van der Waals surface area contributed by atoms with Crippen LogP contribution in [0.1, 0.15) is 11.1 Å². The minimum atomic E-state index is 0.248. The minimum absolute atomic E-state index is 0.248. The van der Waals surface area contributed by atoms with Crippen molar-refractivity contribution in [1.29, 1.82) is 0 Å². The first-order valence-corrected chi connectivity index (χ1v) is 12.9. The van der Waals surface area contributed by atoms with Gasteiger partial charge in [-0.1, -0.05) is 63.4 Å². The first-order valence-electron chi connectivity index (χ1n) is 10.5. The molecule has 0 bridgehead atoms. The summed E-state index contributed by atoms with van der Waals surface area (Å²) in [6, 6.07) is 18.6. The third-order valence-corrected chi connectivity index (χ3v) is 6.32. The maximum Gasteiger partial charge on any atom is 0.250 e. The quantitative estimate of drug-likeness (QED) is 0.127. The van der Waals surface area contributed by atoms with Gasteiger partial charge in [-0.3, -0.25) is 0 Å². The van der Waals surface area contributed by atoms with E-state index >= 15 is 0 Å². The summed E-state index contributed by atoms with van der Waals surface area (Å²) in [6.07, 6.45) is 1.61. The van der Waals surface area contributed by atoms with Crippen LogP contribution in [-0.2, 0) is 6.61 Å². The average Bonchev–Trinajstić information content (AvgIpc) is 2.85. The topological polar surface area (TPSA) is 96.4 Å². The Labute approximate surface area is 234 Å². The van der Waals surface area contributed by atoms with Gasteiger partial charge in [0.05, 0.1) is 10.7 Å². The number of hydrogen-bond acceptors (Lipinski definition) is 8. The highest BCUT2D eigenvalue weighted by Gasteiger charge is 2.12. The average molecular weight is 652 g/mol. The normalized spacial score (nSPS) is 10.9. The highest BCUT2D eigenvalue weighted by atomic mass is 79.9. The standard InChI is InChI=1S/C24H19Br2Cl2N7O/c1-29-22-32-23(31-18-5-3-2-4-6-18)34-24(33-22)35-30-12-15-9-16(25)10-19(26)21(15)36-13-14-7-8-17(27)11-20(14)28/h2-12H,13H2,1H3,(H3,29,31,32,33,34,35)/b30-12-. The van der Waals surface area contributed by atoms with Crippen molar-refractivity contribution in [2.24, 2.45) is 5.10 Å². The van der Waals surface area contributed by atoms with Crippen LogP contribution in [-0.4, -0.2) is 28.2 Å². The van der Waals surface area contributed by atoms with E-state index in [-0.39, 0.29) is 12.6 Å². The summed E-state index contributed by atoms with van der Waals surface area (Å²) < 4.78 is 7.67. The zero-order valence-corrected chi connectivity index (χ0v) is 23.5. The molecule has 3 N–H and O–H groups in total. The fraction of sp³-hybridized carbons (Fsp3) is 0.0833. The Morgan fingerprint density at radius 2 is 1.69 bits per heavy atom. The van der Waals surface area contributed by atoms with Gasteiger partial charge >= 0.3 is 0 Å². The van der Waals surface area contributed by atoms with Crippen molar-refractivity contribution in [3.8, 4) is 5.75 Å². The van der Waals surface area contributed by atoms with Crippen LogP contribution in [0.2, 0.25) is 10.0 Å². The van der Waals surface area contributed by atoms with Crippen LogP contribution in [0.5, 0.6) is 5.75 Å². The highest BCUT2D eigenvalue weighted by Crippen LogP contribution is 2.33. The van der Waals surface area contributed by atoms with Crippen molar-refractivity contribution >= 4 is 84.8 Å². The van der Waals surface area contributed by atoms with Crippen LogP contribution in [0, 0.1) is 0 Å². The smallest absolute Gasteiger partial charge is 0.250 e. The van der Waals surface area contributed by atoms with Gasteiger partial charge in [0.15, 0.2) is 0 Å². The predicted octanol–water partition coefficient (Wildman–Crippen LogP) is 7.51. The Balaban J connectivity index is 1.52. The monoisotopic (exact) mass is 649 g/mol. The third kappa shape index (κ3) is 7.07. The van der Waals surface area contributed by atoms with Crippen molar-refractivity contribution < 1.29 is 4.74 Å². The number of benzene rings is 3. The first kappa shape index (κ1) is 26.2. The number of hydrogen-bond donors (Lipinski definition) is 3. The van der Waals surface area contributed by atoms with Crippen LogP contribution in [0.15, 0.2) is 74.7 Å². The van der Waals surface area contributed by atoms with Gasteiger partial charge in [-0.15, -0.1) is 0 Å². The zero-order chi connectivity index (χ0) is 25.5. The molecule has 12 heteroatoms. The summed E-state index contributed by atoms with van der Waals surface area (Å²) in [4.78, 5) is 13.0. The van der Waals surface area contributed by atoms with Crippen LogP contribution in [0.25, 0.3) is 0 Å². The van der Waals surface area contributed by atoms with Gasteiger partial charge in [0, 0.05) is 38.4 Å². The second-order valence-corrected chi connectivity index (χ2v) is 9.86. The van der Waals surface area contributed by atoms with Gasteiger partial charge in [0.25, 0.3) is 0 Å². The zero-order valence-electron chi connectivity index (χ0n) is 18.8. The summed E-state index contributed by atoms with van der Waals surface area (Å²) in [5, 5.41) is 11.5. The lowest BCUT2D eigenvalue weighted by molar-refractivity contribution is 0.304. The van der Waals surface area contributed by atoms with E-state index in [1.807, 2.05) is 48.5 Å². The number of halogens is 4. The molecule has 0 spiro atoms. The molecule has 0 atom stereocenters. The van der Waals surface area contributed by atoms with E-state index in [0.717, 1.165) is 20.2 Å². The Bertz CT molecular complexity index is 1390. The molecule has 8 nitrogen and oxygen atoms in total. The lowest BCUT2D eigenvalue weighted by Crippen LogP contribution is -2.07. The largest absolute Gasteiger partial charge is 0.487 e. The highest BCUT2D eigenvalue weighted by molar-refractivity contribution is 9.11. The Morgan fingerprint density at radius 3 is 2.44 bits per heavy atom. The predicted molar refractivity (Wildman–Crippen MR) is 153 cm³/mol. The molecule has 184 valence electrons. The number of rotatable bonds is 9. The molecule has 4 rings (SSSR count). The van der Waals surface area contributed by atoms with Gasteiger partial charge < -0.3 is 15.4 Å². The lowest BCUT2D eigenvalue weighted by Gasteiger charge is -2.13. The van der Waals surface area contributed by atoms with Gasteiger partial charge in [0.1, 0.15) is 12.4 Å². The first-order chi connectivity index (χ1) is 17.4. The molecule has 4 aromatic rings. The van der Waals surface area contributed by atoms with E-state index in [1.165, 1.54) is 0 Å². The van der Waals surface area contributed by atoms with Gasteiger partial charge in [-0.25, -0.2) is 5.43 Å². The summed E-state index contributed by atoms with van der Waals surface area (Å²) >= 11 is 19.4. The van der Waals surface area contributed by atoms with Crippen molar-refractivity contribution in [2.75, 3.05) is 23.1 Å². The maximum absolute atomic E-state index is 6.29. The molecule has 0 aliphatic heterocycles. The lowest BCUT2D eigenvalue weighted by atomic mass is 10.2. The van der Waals surface area contributed by atoms with Gasteiger partial charge in [-0.2, -0.15) is 20.1 Å². The molecule has 0 fully saturated rings. The second-order valence-electron chi connectivity index (χ2n) is 7.25. The molecule has 36 heavy (non-hydrogen) atoms. The van der Waals surface area contributed by atoms with E-state index in [2.05, 4.69) is 68.0 Å². The number of nitrogens with zero attached hydrogens (tertiary/aromatic N) is 4. The van der Waals surface area contributed by atoms with Crippen LogP contribution >= 0.6 is 55.1 Å². The van der Waals surface area contributed by atoms with E-state index in [4.69, 9.17) is 27.9 Å². The number of ether oxygens (including phenoxy) is 1. The number of hydrazone groups is 1. The summed E-state index contributed by atoms with van der Waals surface area (Å²) in [6.45, 7) is 0.248. The summed E-state index contributed by atoms with van der Waals surface area (Å²) in [5.74, 6) is 1.60. The SMILES string of the molecule is CNc1nc(N/N=C\c2cc(Br)cc(Br)c2OCc2ccc(Cl)cc2Cl)nc(Nc2ccccc2)n1. The molecular formula is C24H19Br2Cl2N7O. The molecule has 0 aliphatic carbocycles. The summed E-state index contributed by atoms with van der Waals surface area (Å²) in [5.41, 5.74) is 5.22. The molecule has 0 amide bonds. The van der Waals surface area contributed by atoms with Crippen molar-refractivity contribution in [2.45, 2.75) is 6.61 Å². The van der Waals surface area contributed by atoms with Gasteiger partial charge in [-0.05, 0) is 52.3 Å². The van der Waals surface area contributed by atoms with Crippen LogP contribution in [0.4, 0.5) is 23.5 Å². The molecule has 1 aromatic heterocycles. The minimum Gasteiger partial charge on any atom is -0.487 e. The van der Waals surface area contributed by atoms with Crippen LogP contribution < -0.4 is 20.8 Å².